The first-order chi connectivity index (χ1) is 37.1. The smallest absolute Gasteiger partial charge is 0.415 e. The number of rotatable bonds is 18. The van der Waals surface area contributed by atoms with Crippen LogP contribution in [-0.2, 0) is 14.2 Å². The Morgan fingerprint density at radius 2 is 1.12 bits per heavy atom. The highest BCUT2D eigenvalue weighted by Crippen LogP contribution is 2.37. The molecule has 8 aromatic rings. The molecule has 4 heterocycles. The minimum atomic E-state index is -0.695. The predicted octanol–water partition coefficient (Wildman–Crippen LogP) is 12.1. The molecule has 3 N–H and O–H groups in total. The van der Waals surface area contributed by atoms with Gasteiger partial charge < -0.3 is 39.6 Å². The molecule has 2 saturated carbocycles. The van der Waals surface area contributed by atoms with Gasteiger partial charge in [-0.25, -0.2) is 14.8 Å². The van der Waals surface area contributed by atoms with Gasteiger partial charge in [-0.1, -0.05) is 48.5 Å². The molecule has 77 heavy (non-hydrogen) atoms. The quantitative estimate of drug-likeness (QED) is 0.0699. The van der Waals surface area contributed by atoms with Gasteiger partial charge in [0, 0.05) is 67.2 Å². The number of ether oxygens (including phenoxy) is 5. The molecule has 16 nitrogen and oxygen atoms in total. The number of hydrogen-bond acceptors (Lipinski definition) is 11. The van der Waals surface area contributed by atoms with Gasteiger partial charge in [0.1, 0.15) is 28.6 Å². The van der Waals surface area contributed by atoms with Crippen LogP contribution in [0.1, 0.15) is 89.4 Å². The van der Waals surface area contributed by atoms with Gasteiger partial charge in [0.05, 0.1) is 67.3 Å². The van der Waals surface area contributed by atoms with Crippen molar-refractivity contribution in [2.24, 2.45) is 0 Å². The van der Waals surface area contributed by atoms with Crippen LogP contribution >= 0.6 is 0 Å². The lowest BCUT2D eigenvalue weighted by Gasteiger charge is -2.28. The lowest BCUT2D eigenvalue weighted by molar-refractivity contribution is 0.0569. The molecule has 4 aromatic carbocycles. The maximum atomic E-state index is 13.5. The number of pyridine rings is 2. The molecule has 0 atom stereocenters. The summed E-state index contributed by atoms with van der Waals surface area (Å²) < 4.78 is 32.9. The second kappa shape index (κ2) is 23.4. The van der Waals surface area contributed by atoms with Gasteiger partial charge in [-0.3, -0.25) is 23.3 Å². The molecule has 2 aliphatic carbocycles. The van der Waals surface area contributed by atoms with E-state index in [4.69, 9.17) is 33.7 Å². The lowest BCUT2D eigenvalue weighted by atomic mass is 10.0. The van der Waals surface area contributed by atoms with Gasteiger partial charge >= 0.3 is 6.09 Å². The fourth-order valence-corrected chi connectivity index (χ4v) is 8.80. The molecular weight excluding hydrogens is 973 g/mol. The Kier molecular flexibility index (Phi) is 16.3. The van der Waals surface area contributed by atoms with Gasteiger partial charge in [0.2, 0.25) is 0 Å². The molecule has 400 valence electrons. The monoisotopic (exact) mass is 1040 g/mol. The van der Waals surface area contributed by atoms with E-state index in [0.717, 1.165) is 87.5 Å². The maximum absolute atomic E-state index is 13.5. The number of nitrogens with zero attached hydrogens (tertiary/aromatic N) is 5. The Morgan fingerprint density at radius 3 is 1.60 bits per heavy atom. The highest BCUT2D eigenvalue weighted by Gasteiger charge is 2.29. The Hall–Kier alpha value is -8.21. The van der Waals surface area contributed by atoms with Crippen LogP contribution in [0.5, 0.6) is 23.0 Å². The van der Waals surface area contributed by atoms with Gasteiger partial charge in [-0.2, -0.15) is 0 Å². The standard InChI is InChI=1S/C33H38N4O5.C28H30N4O3/c1-21-9-7-8-10-29(21)41-25-18-27(36(15-16-40-6)32(39)42-33(3,4)5)30-34-19-28(37(30)20-25)23-11-14-26(22(2)17-23)31(38)35-24-12-13-24;1-18-6-4-5-7-26(18)35-22-15-24(29-12-13-34-3)27-30-16-25(32(27)17-22)20-8-11-23(19(2)14-20)28(33)31-21-9-10-21/h7-11,14,17-20,24H,12-13,15-16H2,1-6H3,(H,35,38);4-8,11,14-17,21,29H,9-10,12-13H2,1-3H3,(H,31,33). The van der Waals surface area contributed by atoms with Gasteiger partial charge in [-0.15, -0.1) is 0 Å². The van der Waals surface area contributed by atoms with E-state index in [0.29, 0.717) is 65.5 Å². The van der Waals surface area contributed by atoms with Crippen LogP contribution in [0, 0.1) is 27.7 Å². The third-order valence-electron chi connectivity index (χ3n) is 13.2. The van der Waals surface area contributed by atoms with Crippen molar-refractivity contribution in [3.63, 3.8) is 0 Å². The van der Waals surface area contributed by atoms with Crippen LogP contribution in [0.2, 0.25) is 0 Å². The van der Waals surface area contributed by atoms with Crippen molar-refractivity contribution in [3.8, 4) is 45.5 Å². The highest BCUT2D eigenvalue weighted by molar-refractivity contribution is 5.98. The molecule has 2 fully saturated rings. The second-order valence-corrected chi connectivity index (χ2v) is 20.7. The molecular formula is C61H68N8O8. The normalized spacial score (nSPS) is 13.2. The van der Waals surface area contributed by atoms with Gasteiger partial charge in [-0.05, 0) is 133 Å². The Bertz CT molecular complexity index is 3440. The molecule has 3 amide bonds. The van der Waals surface area contributed by atoms with E-state index in [1.165, 1.54) is 4.90 Å². The number of fused-ring (bicyclic) bond motifs is 2. The third kappa shape index (κ3) is 13.1. The lowest BCUT2D eigenvalue weighted by Crippen LogP contribution is -2.39. The van der Waals surface area contributed by atoms with E-state index in [1.807, 2.05) is 167 Å². The van der Waals surface area contributed by atoms with Crippen LogP contribution in [0.3, 0.4) is 0 Å². The number of benzene rings is 4. The molecule has 0 bridgehead atoms. The minimum absolute atomic E-state index is 0.00626. The van der Waals surface area contributed by atoms with Crippen molar-refractivity contribution < 1.29 is 38.1 Å². The number of anilines is 2. The van der Waals surface area contributed by atoms with Crippen LogP contribution in [0.4, 0.5) is 16.2 Å². The van der Waals surface area contributed by atoms with E-state index in [1.54, 1.807) is 26.5 Å². The number of aryl methyl sites for hydroxylation is 4. The second-order valence-electron chi connectivity index (χ2n) is 20.7. The minimum Gasteiger partial charge on any atom is -0.455 e. The number of imidazole rings is 2. The number of aromatic nitrogens is 4. The highest BCUT2D eigenvalue weighted by atomic mass is 16.6. The first-order valence-corrected chi connectivity index (χ1v) is 26.1. The number of methoxy groups -OCH3 is 2. The zero-order chi connectivity index (χ0) is 54.4. The van der Waals surface area contributed by atoms with Crippen LogP contribution in [0.25, 0.3) is 33.8 Å². The van der Waals surface area contributed by atoms with Gasteiger partial charge in [0.25, 0.3) is 11.8 Å². The molecule has 0 radical (unpaired) electrons. The van der Waals surface area contributed by atoms with Crippen molar-refractivity contribution in [3.05, 3.63) is 155 Å². The van der Waals surface area contributed by atoms with Crippen LogP contribution < -0.4 is 30.3 Å². The molecule has 16 heteroatoms. The van der Waals surface area contributed by atoms with E-state index in [9.17, 15) is 14.4 Å². The third-order valence-corrected chi connectivity index (χ3v) is 13.2. The van der Waals surface area contributed by atoms with Gasteiger partial charge in [0.15, 0.2) is 11.3 Å². The summed E-state index contributed by atoms with van der Waals surface area (Å²) in [5.74, 6) is 2.66. The molecule has 4 aromatic heterocycles. The number of amides is 3. The summed E-state index contributed by atoms with van der Waals surface area (Å²) in [6.45, 7) is 15.2. The summed E-state index contributed by atoms with van der Waals surface area (Å²) in [6, 6.07) is 31.7. The molecule has 0 aliphatic heterocycles. The van der Waals surface area contributed by atoms with E-state index in [2.05, 4.69) is 16.0 Å². The van der Waals surface area contributed by atoms with Crippen molar-refractivity contribution in [1.82, 2.24) is 29.4 Å². The summed E-state index contributed by atoms with van der Waals surface area (Å²) in [4.78, 5) is 49.8. The topological polar surface area (TPSA) is 171 Å². The Morgan fingerprint density at radius 1 is 0.623 bits per heavy atom. The number of carbonyl (C=O) groups is 3. The number of para-hydroxylation sites is 2. The van der Waals surface area contributed by atoms with Crippen molar-refractivity contribution in [1.29, 1.82) is 0 Å². The molecule has 2 aliphatic rings. The zero-order valence-corrected chi connectivity index (χ0v) is 45.4. The molecule has 10 rings (SSSR count). The zero-order valence-electron chi connectivity index (χ0n) is 45.4. The molecule has 0 saturated heterocycles. The molecule has 0 spiro atoms. The summed E-state index contributed by atoms with van der Waals surface area (Å²) in [5.41, 5.74) is 10.8. The van der Waals surface area contributed by atoms with Crippen LogP contribution in [0.15, 0.2) is 122 Å². The van der Waals surface area contributed by atoms with Crippen molar-refractivity contribution in [2.75, 3.05) is 50.7 Å². The van der Waals surface area contributed by atoms with E-state index in [-0.39, 0.29) is 24.4 Å². The SMILES string of the molecule is COCCN(C(=O)OC(C)(C)C)c1cc(Oc2ccccc2C)cn2c(-c3ccc(C(=O)NC4CC4)c(C)c3)cnc12.COCCNc1cc(Oc2ccccc2C)cn2c(-c3ccc(C(=O)NC4CC4)c(C)c3)cnc12. The summed E-state index contributed by atoms with van der Waals surface area (Å²) in [6.07, 6.45) is 11.1. The number of nitrogens with one attached hydrogen (secondary N) is 3. The fraction of sp³-hybridized carbons (Fsp3) is 0.328. The molecule has 0 unspecified atom stereocenters. The number of carbonyl (C=O) groups excluding carboxylic acids is 3. The average molecular weight is 1040 g/mol. The predicted molar refractivity (Wildman–Crippen MR) is 300 cm³/mol. The van der Waals surface area contributed by atoms with Crippen molar-refractivity contribution in [2.45, 2.75) is 91.8 Å². The first kappa shape index (κ1) is 53.6. The Balaban J connectivity index is 0.000000191. The Labute approximate surface area is 449 Å². The largest absolute Gasteiger partial charge is 0.455 e. The maximum Gasteiger partial charge on any atom is 0.415 e. The fourth-order valence-electron chi connectivity index (χ4n) is 8.80. The van der Waals surface area contributed by atoms with E-state index < -0.39 is 11.7 Å². The van der Waals surface area contributed by atoms with Crippen molar-refractivity contribution >= 4 is 40.6 Å². The van der Waals surface area contributed by atoms with E-state index >= 15 is 0 Å². The van der Waals surface area contributed by atoms with Crippen LogP contribution in [-0.4, -0.2) is 94.9 Å². The number of hydrogen-bond donors (Lipinski definition) is 3. The average Bonchev–Trinajstić information content (AvgIpc) is 4.37. The summed E-state index contributed by atoms with van der Waals surface area (Å²) >= 11 is 0. The summed E-state index contributed by atoms with van der Waals surface area (Å²) in [5, 5.41) is 9.54. The first-order valence-electron chi connectivity index (χ1n) is 26.1. The summed E-state index contributed by atoms with van der Waals surface area (Å²) in [7, 11) is 3.27.